The minimum absolute atomic E-state index is 0.240. The summed E-state index contributed by atoms with van der Waals surface area (Å²) < 4.78 is 0. The van der Waals surface area contributed by atoms with E-state index in [4.69, 9.17) is 5.11 Å². The molecule has 0 unspecified atom stereocenters. The highest BCUT2D eigenvalue weighted by Gasteiger charge is 2.29. The van der Waals surface area contributed by atoms with E-state index in [-0.39, 0.29) is 5.69 Å². The van der Waals surface area contributed by atoms with Crippen molar-refractivity contribution in [2.75, 3.05) is 5.01 Å². The van der Waals surface area contributed by atoms with Gasteiger partial charge in [0.2, 0.25) is 11.8 Å². The molecule has 0 aromatic heterocycles. The van der Waals surface area contributed by atoms with Crippen molar-refractivity contribution < 1.29 is 24.3 Å². The highest BCUT2D eigenvalue weighted by molar-refractivity contribution is 6.08. The van der Waals surface area contributed by atoms with E-state index in [2.05, 4.69) is 0 Å². The smallest absolute Gasteiger partial charge is 0.312 e. The van der Waals surface area contributed by atoms with Crippen LogP contribution in [0.2, 0.25) is 0 Å². The van der Waals surface area contributed by atoms with Gasteiger partial charge in [0.15, 0.2) is 0 Å². The lowest BCUT2D eigenvalue weighted by Gasteiger charge is -2.31. The predicted octanol–water partition coefficient (Wildman–Crippen LogP) is 0.804. The maximum Gasteiger partial charge on any atom is 0.312 e. The fourth-order valence-electron chi connectivity index (χ4n) is 1.65. The van der Waals surface area contributed by atoms with Gasteiger partial charge in [0.1, 0.15) is 6.42 Å². The lowest BCUT2D eigenvalue weighted by molar-refractivity contribution is -0.149. The molecular weight excluding hydrogens is 264 g/mol. The Morgan fingerprint density at radius 3 is 1.90 bits per heavy atom. The van der Waals surface area contributed by atoms with E-state index in [1.807, 2.05) is 0 Å². The van der Waals surface area contributed by atoms with E-state index in [0.717, 1.165) is 18.9 Å². The molecule has 0 aliphatic carbocycles. The molecule has 0 bridgehead atoms. The highest BCUT2D eigenvalue weighted by Crippen LogP contribution is 2.18. The van der Waals surface area contributed by atoms with E-state index in [1.54, 1.807) is 18.2 Å². The van der Waals surface area contributed by atoms with Crippen molar-refractivity contribution in [2.24, 2.45) is 0 Å². The minimum Gasteiger partial charge on any atom is -0.481 e. The van der Waals surface area contributed by atoms with E-state index in [0.29, 0.717) is 5.01 Å². The third-order valence-electron chi connectivity index (χ3n) is 2.34. The Labute approximate surface area is 115 Å². The lowest BCUT2D eigenvalue weighted by Crippen LogP contribution is -2.52. The molecule has 7 heteroatoms. The first-order valence-corrected chi connectivity index (χ1v) is 5.75. The summed E-state index contributed by atoms with van der Waals surface area (Å²) in [6.07, 6.45) is -0.827. The summed E-state index contributed by atoms with van der Waals surface area (Å²) in [5, 5.41) is 10.1. The van der Waals surface area contributed by atoms with Crippen LogP contribution in [0, 0.1) is 0 Å². The molecule has 106 valence electrons. The molecule has 0 saturated carbocycles. The van der Waals surface area contributed by atoms with Gasteiger partial charge in [-0.2, -0.15) is 5.01 Å². The largest absolute Gasteiger partial charge is 0.481 e. The number of hydrogen-bond donors (Lipinski definition) is 1. The molecule has 20 heavy (non-hydrogen) atoms. The third-order valence-corrected chi connectivity index (χ3v) is 2.34. The first-order valence-electron chi connectivity index (χ1n) is 5.75. The van der Waals surface area contributed by atoms with Crippen LogP contribution in [0.3, 0.4) is 0 Å². The number of carboxylic acids is 1. The molecule has 7 nitrogen and oxygen atoms in total. The minimum atomic E-state index is -1.34. The van der Waals surface area contributed by atoms with Gasteiger partial charge in [0, 0.05) is 13.8 Å². The summed E-state index contributed by atoms with van der Waals surface area (Å²) in [5.74, 6) is -3.59. The molecule has 3 amide bonds. The van der Waals surface area contributed by atoms with Crippen LogP contribution in [0.4, 0.5) is 5.69 Å². The van der Waals surface area contributed by atoms with Crippen LogP contribution in [0.25, 0.3) is 0 Å². The zero-order chi connectivity index (χ0) is 15.3. The summed E-state index contributed by atoms with van der Waals surface area (Å²) in [4.78, 5) is 45.8. The normalized spacial score (nSPS) is 9.70. The SMILES string of the molecule is CC(=O)N(C(C)=O)N(C(=O)CC(=O)O)c1ccccc1. The van der Waals surface area contributed by atoms with E-state index in [1.165, 1.54) is 12.1 Å². The topological polar surface area (TPSA) is 95.0 Å². The van der Waals surface area contributed by atoms with Gasteiger partial charge in [0.25, 0.3) is 5.91 Å². The van der Waals surface area contributed by atoms with Crippen molar-refractivity contribution in [3.05, 3.63) is 30.3 Å². The number of amides is 3. The number of benzene rings is 1. The molecule has 0 aliphatic heterocycles. The van der Waals surface area contributed by atoms with E-state index < -0.39 is 30.1 Å². The van der Waals surface area contributed by atoms with Gasteiger partial charge in [-0.3, -0.25) is 19.2 Å². The number of imide groups is 1. The summed E-state index contributed by atoms with van der Waals surface area (Å²) in [6, 6.07) is 7.90. The van der Waals surface area contributed by atoms with Crippen LogP contribution in [0.1, 0.15) is 20.3 Å². The summed E-state index contributed by atoms with van der Waals surface area (Å²) in [7, 11) is 0. The number of nitrogens with zero attached hydrogens (tertiary/aromatic N) is 2. The van der Waals surface area contributed by atoms with Gasteiger partial charge < -0.3 is 5.11 Å². The van der Waals surface area contributed by atoms with E-state index >= 15 is 0 Å². The summed E-state index contributed by atoms with van der Waals surface area (Å²) in [5.41, 5.74) is 0.240. The first-order chi connectivity index (χ1) is 9.34. The molecule has 0 aliphatic rings. The number of carbonyl (C=O) groups is 4. The predicted molar refractivity (Wildman–Crippen MR) is 69.4 cm³/mol. The average Bonchev–Trinajstić information content (AvgIpc) is 2.34. The molecular formula is C13H14N2O5. The molecule has 1 N–H and O–H groups in total. The number of rotatable bonds is 3. The molecule has 0 heterocycles. The number of carboxylic acid groups (broad SMARTS) is 1. The maximum atomic E-state index is 12.0. The Morgan fingerprint density at radius 1 is 1.00 bits per heavy atom. The second-order valence-corrected chi connectivity index (χ2v) is 3.96. The maximum absolute atomic E-state index is 12.0. The van der Waals surface area contributed by atoms with Crippen molar-refractivity contribution >= 4 is 29.4 Å². The van der Waals surface area contributed by atoms with E-state index in [9.17, 15) is 19.2 Å². The molecule has 0 atom stereocenters. The van der Waals surface area contributed by atoms with Gasteiger partial charge in [-0.15, -0.1) is 0 Å². The number of hydrazine groups is 1. The Kier molecular flexibility index (Phi) is 4.96. The number of aliphatic carboxylic acids is 1. The van der Waals surface area contributed by atoms with Crippen LogP contribution >= 0.6 is 0 Å². The fourth-order valence-corrected chi connectivity index (χ4v) is 1.65. The molecule has 1 rings (SSSR count). The van der Waals surface area contributed by atoms with Gasteiger partial charge in [-0.25, -0.2) is 5.01 Å². The Bertz CT molecular complexity index is 527. The third kappa shape index (κ3) is 3.64. The summed E-state index contributed by atoms with van der Waals surface area (Å²) in [6.45, 7) is 2.23. The van der Waals surface area contributed by atoms with Crippen LogP contribution < -0.4 is 5.01 Å². The zero-order valence-corrected chi connectivity index (χ0v) is 11.1. The van der Waals surface area contributed by atoms with Gasteiger partial charge in [-0.1, -0.05) is 18.2 Å². The van der Waals surface area contributed by atoms with Crippen LogP contribution in [0.5, 0.6) is 0 Å². The lowest BCUT2D eigenvalue weighted by atomic mass is 10.3. The molecule has 0 spiro atoms. The number of para-hydroxylation sites is 1. The molecule has 1 aromatic rings. The molecule has 0 saturated heterocycles. The second kappa shape index (κ2) is 6.46. The molecule has 0 fully saturated rings. The van der Waals surface area contributed by atoms with Crippen molar-refractivity contribution in [1.82, 2.24) is 5.01 Å². The number of hydrogen-bond acceptors (Lipinski definition) is 4. The van der Waals surface area contributed by atoms with Crippen molar-refractivity contribution in [3.8, 4) is 0 Å². The summed E-state index contributed by atoms with van der Waals surface area (Å²) >= 11 is 0. The first kappa shape index (κ1) is 15.4. The standard InChI is InChI=1S/C13H14N2O5/c1-9(16)14(10(2)17)15(12(18)8-13(19)20)11-6-4-3-5-7-11/h3-7H,8H2,1-2H3,(H,19,20). The van der Waals surface area contributed by atoms with Gasteiger partial charge in [-0.05, 0) is 12.1 Å². The van der Waals surface area contributed by atoms with Gasteiger partial charge >= 0.3 is 5.97 Å². The molecule has 1 aromatic carbocycles. The molecule has 0 radical (unpaired) electrons. The van der Waals surface area contributed by atoms with Gasteiger partial charge in [0.05, 0.1) is 5.69 Å². The van der Waals surface area contributed by atoms with Crippen molar-refractivity contribution in [2.45, 2.75) is 20.3 Å². The van der Waals surface area contributed by atoms with Crippen molar-refractivity contribution in [1.29, 1.82) is 0 Å². The number of anilines is 1. The monoisotopic (exact) mass is 278 g/mol. The van der Waals surface area contributed by atoms with Crippen molar-refractivity contribution in [3.63, 3.8) is 0 Å². The quantitative estimate of drug-likeness (QED) is 0.652. The Balaban J connectivity index is 3.26. The Hall–Kier alpha value is -2.70. The highest BCUT2D eigenvalue weighted by atomic mass is 16.4. The average molecular weight is 278 g/mol. The second-order valence-electron chi connectivity index (χ2n) is 3.96. The van der Waals surface area contributed by atoms with Crippen LogP contribution in [-0.4, -0.2) is 33.8 Å². The van der Waals surface area contributed by atoms with Crippen LogP contribution in [0.15, 0.2) is 30.3 Å². The fraction of sp³-hybridized carbons (Fsp3) is 0.231. The Morgan fingerprint density at radius 2 is 1.50 bits per heavy atom. The van der Waals surface area contributed by atoms with Crippen LogP contribution in [-0.2, 0) is 19.2 Å². The number of carbonyl (C=O) groups excluding carboxylic acids is 3. The zero-order valence-electron chi connectivity index (χ0n) is 11.1.